The highest BCUT2D eigenvalue weighted by atomic mass is 32.2. The lowest BCUT2D eigenvalue weighted by molar-refractivity contribution is -0.116. The fraction of sp³-hybridized carbons (Fsp3) is 0.263. The Bertz CT molecular complexity index is 969. The fourth-order valence-electron chi connectivity index (χ4n) is 2.70. The summed E-state index contributed by atoms with van der Waals surface area (Å²) in [6.07, 6.45) is 1.07. The van der Waals surface area contributed by atoms with Crippen molar-refractivity contribution in [3.63, 3.8) is 0 Å². The summed E-state index contributed by atoms with van der Waals surface area (Å²) in [4.78, 5) is 23.8. The maximum absolute atomic E-state index is 12.7. The predicted octanol–water partition coefficient (Wildman–Crippen LogP) is 2.20. The van der Waals surface area contributed by atoms with Gasteiger partial charge in [0.25, 0.3) is 0 Å². The Kier molecular flexibility index (Phi) is 5.90. The van der Waals surface area contributed by atoms with E-state index < -0.39 is 27.9 Å². The van der Waals surface area contributed by atoms with Crippen molar-refractivity contribution in [1.29, 1.82) is 0 Å². The quantitative estimate of drug-likeness (QED) is 0.789. The summed E-state index contributed by atoms with van der Waals surface area (Å²) in [5.74, 6) is -1.06. The van der Waals surface area contributed by atoms with Crippen LogP contribution in [-0.2, 0) is 14.8 Å². The summed E-state index contributed by atoms with van der Waals surface area (Å²) in [6.45, 7) is 5.17. The lowest BCUT2D eigenvalue weighted by Gasteiger charge is -2.29. The van der Waals surface area contributed by atoms with Crippen molar-refractivity contribution in [2.45, 2.75) is 26.8 Å². The molecule has 0 aromatic heterocycles. The largest absolute Gasteiger partial charge is 0.366 e. The van der Waals surface area contributed by atoms with Gasteiger partial charge in [-0.2, -0.15) is 0 Å². The third kappa shape index (κ3) is 4.85. The number of benzene rings is 2. The molecule has 7 nitrogen and oxygen atoms in total. The molecule has 3 N–H and O–H groups in total. The molecule has 0 aliphatic rings. The molecule has 0 aliphatic carbocycles. The molecular weight excluding hydrogens is 366 g/mol. The van der Waals surface area contributed by atoms with Crippen molar-refractivity contribution in [2.75, 3.05) is 15.9 Å². The van der Waals surface area contributed by atoms with Crippen LogP contribution in [0, 0.1) is 13.8 Å². The van der Waals surface area contributed by atoms with Crippen molar-refractivity contribution in [3.8, 4) is 0 Å². The summed E-state index contributed by atoms with van der Waals surface area (Å²) in [6, 6.07) is 10.5. The molecule has 8 heteroatoms. The minimum atomic E-state index is -3.70. The van der Waals surface area contributed by atoms with Gasteiger partial charge < -0.3 is 11.1 Å². The summed E-state index contributed by atoms with van der Waals surface area (Å²) < 4.78 is 25.9. The van der Waals surface area contributed by atoms with Gasteiger partial charge in [0.1, 0.15) is 6.04 Å². The van der Waals surface area contributed by atoms with Crippen LogP contribution in [0.15, 0.2) is 42.5 Å². The molecule has 2 aromatic rings. The minimum absolute atomic E-state index is 0.314. The number of carbonyl (C=O) groups is 2. The Morgan fingerprint density at radius 2 is 1.67 bits per heavy atom. The Labute approximate surface area is 159 Å². The second-order valence-electron chi connectivity index (χ2n) is 6.46. The van der Waals surface area contributed by atoms with Gasteiger partial charge in [-0.05, 0) is 62.2 Å². The fourth-order valence-corrected chi connectivity index (χ4v) is 3.93. The number of anilines is 2. The average molecular weight is 389 g/mol. The highest BCUT2D eigenvalue weighted by molar-refractivity contribution is 7.92. The number of nitrogens with zero attached hydrogens (tertiary/aromatic N) is 1. The van der Waals surface area contributed by atoms with Crippen molar-refractivity contribution >= 4 is 33.2 Å². The molecule has 1 atom stereocenters. The van der Waals surface area contributed by atoms with Gasteiger partial charge >= 0.3 is 0 Å². The van der Waals surface area contributed by atoms with Gasteiger partial charge in [-0.3, -0.25) is 13.9 Å². The van der Waals surface area contributed by atoms with Crippen LogP contribution >= 0.6 is 0 Å². The molecule has 0 radical (unpaired) electrons. The van der Waals surface area contributed by atoms with Gasteiger partial charge in [0.15, 0.2) is 0 Å². The number of carbonyl (C=O) groups excluding carboxylic acids is 2. The van der Waals surface area contributed by atoms with Crippen LogP contribution in [0.1, 0.15) is 28.4 Å². The smallest absolute Gasteiger partial charge is 0.248 e. The van der Waals surface area contributed by atoms with E-state index in [1.807, 2.05) is 19.1 Å². The van der Waals surface area contributed by atoms with Crippen LogP contribution in [0.4, 0.5) is 11.4 Å². The summed E-state index contributed by atoms with van der Waals surface area (Å²) in [5.41, 5.74) is 8.04. The van der Waals surface area contributed by atoms with Gasteiger partial charge in [-0.15, -0.1) is 0 Å². The zero-order valence-electron chi connectivity index (χ0n) is 15.7. The van der Waals surface area contributed by atoms with E-state index in [-0.39, 0.29) is 0 Å². The normalized spacial score (nSPS) is 12.3. The lowest BCUT2D eigenvalue weighted by atomic mass is 10.1. The first-order valence-corrected chi connectivity index (χ1v) is 10.1. The molecule has 144 valence electrons. The number of nitrogens with two attached hydrogens (primary N) is 1. The lowest BCUT2D eigenvalue weighted by Crippen LogP contribution is -2.45. The molecule has 0 aliphatic heterocycles. The minimum Gasteiger partial charge on any atom is -0.366 e. The van der Waals surface area contributed by atoms with Crippen LogP contribution < -0.4 is 15.4 Å². The number of primary amides is 1. The van der Waals surface area contributed by atoms with E-state index in [9.17, 15) is 18.0 Å². The Balaban J connectivity index is 2.32. The average Bonchev–Trinajstić information content (AvgIpc) is 2.57. The molecule has 2 rings (SSSR count). The Hall–Kier alpha value is -2.87. The van der Waals surface area contributed by atoms with E-state index in [0.717, 1.165) is 21.7 Å². The predicted molar refractivity (Wildman–Crippen MR) is 106 cm³/mol. The Morgan fingerprint density at radius 1 is 1.07 bits per heavy atom. The van der Waals surface area contributed by atoms with Crippen molar-refractivity contribution in [1.82, 2.24) is 0 Å². The number of amides is 2. The topological polar surface area (TPSA) is 110 Å². The number of hydrogen-bond donors (Lipinski definition) is 2. The van der Waals surface area contributed by atoms with Gasteiger partial charge in [0.05, 0.1) is 11.9 Å². The van der Waals surface area contributed by atoms with Crippen LogP contribution in [-0.4, -0.2) is 32.5 Å². The maximum atomic E-state index is 12.7. The zero-order valence-corrected chi connectivity index (χ0v) is 16.5. The van der Waals surface area contributed by atoms with Crippen molar-refractivity contribution in [3.05, 3.63) is 59.2 Å². The highest BCUT2D eigenvalue weighted by Gasteiger charge is 2.30. The van der Waals surface area contributed by atoms with E-state index in [0.29, 0.717) is 16.9 Å². The molecule has 0 unspecified atom stereocenters. The molecule has 2 amide bonds. The second kappa shape index (κ2) is 7.79. The SMILES string of the molecule is Cc1ccc(C)c(N([C@@H](C)C(=O)Nc2ccc(C(N)=O)cc2)S(C)(=O)=O)c1. The molecule has 2 aromatic carbocycles. The monoisotopic (exact) mass is 389 g/mol. The van der Waals surface area contributed by atoms with Gasteiger partial charge in [0, 0.05) is 11.3 Å². The molecule has 27 heavy (non-hydrogen) atoms. The maximum Gasteiger partial charge on any atom is 0.248 e. The van der Waals surface area contributed by atoms with Gasteiger partial charge in [-0.1, -0.05) is 12.1 Å². The first-order valence-electron chi connectivity index (χ1n) is 8.28. The first kappa shape index (κ1) is 20.4. The molecule has 0 saturated heterocycles. The third-order valence-corrected chi connectivity index (χ3v) is 5.36. The van der Waals surface area contributed by atoms with Crippen molar-refractivity contribution in [2.24, 2.45) is 5.73 Å². The first-order chi connectivity index (χ1) is 12.5. The molecular formula is C19H23N3O4S. The highest BCUT2D eigenvalue weighted by Crippen LogP contribution is 2.26. The van der Waals surface area contributed by atoms with E-state index in [1.165, 1.54) is 31.2 Å². The number of rotatable bonds is 6. The van der Waals surface area contributed by atoms with Gasteiger partial charge in [0.2, 0.25) is 21.8 Å². The molecule has 0 fully saturated rings. The second-order valence-corrected chi connectivity index (χ2v) is 8.32. The summed E-state index contributed by atoms with van der Waals surface area (Å²) in [5, 5.41) is 2.67. The number of nitrogens with one attached hydrogen (secondary N) is 1. The number of sulfonamides is 1. The van der Waals surface area contributed by atoms with Crippen LogP contribution in [0.2, 0.25) is 0 Å². The van der Waals surface area contributed by atoms with Crippen molar-refractivity contribution < 1.29 is 18.0 Å². The molecule has 0 bridgehead atoms. The van der Waals surface area contributed by atoms with E-state index in [1.54, 1.807) is 13.0 Å². The third-order valence-electron chi connectivity index (χ3n) is 4.13. The van der Waals surface area contributed by atoms with Gasteiger partial charge in [-0.25, -0.2) is 8.42 Å². The Morgan fingerprint density at radius 3 is 2.19 bits per heavy atom. The van der Waals surface area contributed by atoms with Crippen LogP contribution in [0.25, 0.3) is 0 Å². The molecule has 0 heterocycles. The summed E-state index contributed by atoms with van der Waals surface area (Å²) in [7, 11) is -3.70. The number of aryl methyl sites for hydroxylation is 2. The van der Waals surface area contributed by atoms with E-state index in [4.69, 9.17) is 5.73 Å². The molecule has 0 saturated carbocycles. The number of hydrogen-bond acceptors (Lipinski definition) is 4. The molecule has 0 spiro atoms. The zero-order chi connectivity index (χ0) is 20.4. The summed E-state index contributed by atoms with van der Waals surface area (Å²) >= 11 is 0. The van der Waals surface area contributed by atoms with Crippen LogP contribution in [0.5, 0.6) is 0 Å². The standard InChI is InChI=1S/C19H23N3O4S/c1-12-5-6-13(2)17(11-12)22(27(4,25)26)14(3)19(24)21-16-9-7-15(8-10-16)18(20)23/h5-11,14H,1-4H3,(H2,20,23)(H,21,24)/t14-/m0/s1. The van der Waals surface area contributed by atoms with Crippen LogP contribution in [0.3, 0.4) is 0 Å². The van der Waals surface area contributed by atoms with E-state index in [2.05, 4.69) is 5.32 Å². The van der Waals surface area contributed by atoms with E-state index >= 15 is 0 Å².